The third-order valence-electron chi connectivity index (χ3n) is 3.25. The van der Waals surface area contributed by atoms with E-state index in [0.717, 1.165) is 12.1 Å². The number of methoxy groups -OCH3 is 1. The van der Waals surface area contributed by atoms with Crippen molar-refractivity contribution in [2.75, 3.05) is 20.2 Å². The lowest BCUT2D eigenvalue weighted by Gasteiger charge is -2.30. The molecule has 0 amide bonds. The third kappa shape index (κ3) is 3.16. The molecule has 0 unspecified atom stereocenters. The maximum absolute atomic E-state index is 13.0. The van der Waals surface area contributed by atoms with Gasteiger partial charge in [-0.2, -0.15) is 4.31 Å². The molecule has 7 heteroatoms. The number of sulfonamides is 1. The van der Waals surface area contributed by atoms with Gasteiger partial charge in [0.1, 0.15) is 5.82 Å². The van der Waals surface area contributed by atoms with Gasteiger partial charge in [-0.15, -0.1) is 0 Å². The largest absolute Gasteiger partial charge is 0.381 e. The second kappa shape index (κ2) is 5.87. The highest BCUT2D eigenvalue weighted by Crippen LogP contribution is 2.28. The first-order valence-electron chi connectivity index (χ1n) is 5.93. The van der Waals surface area contributed by atoms with Crippen LogP contribution in [-0.2, 0) is 14.8 Å². The fourth-order valence-corrected chi connectivity index (χ4v) is 4.61. The Hall–Kier alpha value is -0.500. The Bertz CT molecular complexity index is 556. The van der Waals surface area contributed by atoms with Gasteiger partial charge in [0.25, 0.3) is 0 Å². The summed E-state index contributed by atoms with van der Waals surface area (Å²) in [4.78, 5) is 0.102. The van der Waals surface area contributed by atoms with Gasteiger partial charge in [-0.3, -0.25) is 0 Å². The molecule has 1 aromatic rings. The molecule has 1 fully saturated rings. The van der Waals surface area contributed by atoms with Crippen molar-refractivity contribution in [2.24, 2.45) is 0 Å². The van der Waals surface area contributed by atoms with E-state index in [1.807, 2.05) is 0 Å². The Morgan fingerprint density at radius 3 is 2.53 bits per heavy atom. The van der Waals surface area contributed by atoms with Crippen molar-refractivity contribution in [1.29, 1.82) is 0 Å². The van der Waals surface area contributed by atoms with Crippen molar-refractivity contribution >= 4 is 26.0 Å². The summed E-state index contributed by atoms with van der Waals surface area (Å²) in [5, 5.41) is 0. The lowest BCUT2D eigenvalue weighted by molar-refractivity contribution is 0.0604. The third-order valence-corrected chi connectivity index (χ3v) is 6.12. The molecule has 2 rings (SSSR count). The Morgan fingerprint density at radius 1 is 1.37 bits per heavy atom. The van der Waals surface area contributed by atoms with Crippen LogP contribution in [0.5, 0.6) is 0 Å². The summed E-state index contributed by atoms with van der Waals surface area (Å²) >= 11 is 3.10. The molecule has 1 aliphatic rings. The number of hydrogen-bond acceptors (Lipinski definition) is 3. The normalized spacial score (nSPS) is 18.7. The smallest absolute Gasteiger partial charge is 0.244 e. The Labute approximate surface area is 120 Å². The molecule has 0 N–H and O–H groups in total. The maximum Gasteiger partial charge on any atom is 0.244 e. The van der Waals surface area contributed by atoms with Gasteiger partial charge in [-0.1, -0.05) is 0 Å². The summed E-state index contributed by atoms with van der Waals surface area (Å²) in [5.41, 5.74) is 0. The molecule has 1 saturated heterocycles. The van der Waals surface area contributed by atoms with Crippen LogP contribution in [-0.4, -0.2) is 39.0 Å². The van der Waals surface area contributed by atoms with Gasteiger partial charge in [0.2, 0.25) is 10.0 Å². The summed E-state index contributed by atoms with van der Waals surface area (Å²) in [7, 11) is -1.95. The van der Waals surface area contributed by atoms with Crippen LogP contribution >= 0.6 is 15.9 Å². The average molecular weight is 352 g/mol. The number of hydrogen-bond donors (Lipinski definition) is 0. The lowest BCUT2D eigenvalue weighted by atomic mass is 10.1. The van der Waals surface area contributed by atoms with Crippen LogP contribution in [0.3, 0.4) is 0 Å². The zero-order chi connectivity index (χ0) is 14.0. The molecular formula is C12H15BrFNO3S. The Kier molecular flexibility index (Phi) is 4.60. The fourth-order valence-electron chi connectivity index (χ4n) is 2.13. The van der Waals surface area contributed by atoms with Crippen LogP contribution in [0.1, 0.15) is 12.8 Å². The minimum atomic E-state index is -3.58. The van der Waals surface area contributed by atoms with E-state index in [-0.39, 0.29) is 15.5 Å². The van der Waals surface area contributed by atoms with E-state index in [1.54, 1.807) is 7.11 Å². The molecule has 4 nitrogen and oxygen atoms in total. The SMILES string of the molecule is COC1CCN(S(=O)(=O)c2ccc(F)cc2Br)CC1. The first-order chi connectivity index (χ1) is 8.95. The number of nitrogens with zero attached hydrogens (tertiary/aromatic N) is 1. The topological polar surface area (TPSA) is 46.6 Å². The predicted octanol–water partition coefficient (Wildman–Crippen LogP) is 2.39. The molecule has 0 bridgehead atoms. The van der Waals surface area contributed by atoms with Gasteiger partial charge in [0.05, 0.1) is 11.0 Å². The molecule has 1 aromatic carbocycles. The summed E-state index contributed by atoms with van der Waals surface area (Å²) in [6.07, 6.45) is 1.46. The first kappa shape index (κ1) is 14.9. The standard InChI is InChI=1S/C12H15BrFNO3S/c1-18-10-4-6-15(7-5-10)19(16,17)12-3-2-9(14)8-11(12)13/h2-3,8,10H,4-7H2,1H3. The van der Waals surface area contributed by atoms with Crippen molar-refractivity contribution in [3.63, 3.8) is 0 Å². The van der Waals surface area contributed by atoms with Crippen LogP contribution in [0.2, 0.25) is 0 Å². The lowest BCUT2D eigenvalue weighted by Crippen LogP contribution is -2.40. The molecule has 1 aliphatic heterocycles. The first-order valence-corrected chi connectivity index (χ1v) is 8.16. The zero-order valence-corrected chi connectivity index (χ0v) is 12.9. The second-order valence-electron chi connectivity index (χ2n) is 4.41. The number of halogens is 2. The number of benzene rings is 1. The molecule has 1 heterocycles. The molecule has 0 aliphatic carbocycles. The quantitative estimate of drug-likeness (QED) is 0.839. The van der Waals surface area contributed by atoms with Crippen molar-refractivity contribution in [2.45, 2.75) is 23.8 Å². The molecule has 19 heavy (non-hydrogen) atoms. The monoisotopic (exact) mass is 351 g/mol. The Balaban J connectivity index is 2.23. The highest BCUT2D eigenvalue weighted by molar-refractivity contribution is 9.10. The van der Waals surface area contributed by atoms with Gasteiger partial charge in [0, 0.05) is 24.7 Å². The summed E-state index contributed by atoms with van der Waals surface area (Å²) in [5.74, 6) is -0.469. The van der Waals surface area contributed by atoms with Crippen LogP contribution in [0.25, 0.3) is 0 Å². The number of ether oxygens (including phenoxy) is 1. The highest BCUT2D eigenvalue weighted by Gasteiger charge is 2.30. The summed E-state index contributed by atoms with van der Waals surface area (Å²) in [6.45, 7) is 0.843. The van der Waals surface area contributed by atoms with E-state index in [2.05, 4.69) is 15.9 Å². The van der Waals surface area contributed by atoms with Gasteiger partial charge in [-0.05, 0) is 47.0 Å². The molecule has 0 spiro atoms. The van der Waals surface area contributed by atoms with Gasteiger partial charge < -0.3 is 4.74 Å². The van der Waals surface area contributed by atoms with E-state index >= 15 is 0 Å². The minimum absolute atomic E-state index is 0.102. The number of piperidine rings is 1. The van der Waals surface area contributed by atoms with Crippen molar-refractivity contribution in [3.05, 3.63) is 28.5 Å². The molecule has 0 atom stereocenters. The maximum atomic E-state index is 13.0. The van der Waals surface area contributed by atoms with Crippen LogP contribution in [0, 0.1) is 5.82 Å². The fraction of sp³-hybridized carbons (Fsp3) is 0.500. The van der Waals surface area contributed by atoms with Crippen LogP contribution in [0.15, 0.2) is 27.6 Å². The molecule has 0 aromatic heterocycles. The molecule has 106 valence electrons. The predicted molar refractivity (Wildman–Crippen MR) is 72.9 cm³/mol. The minimum Gasteiger partial charge on any atom is -0.381 e. The molecule has 0 radical (unpaired) electrons. The van der Waals surface area contributed by atoms with Crippen molar-refractivity contribution < 1.29 is 17.5 Å². The second-order valence-corrected chi connectivity index (χ2v) is 7.17. The van der Waals surface area contributed by atoms with Crippen molar-refractivity contribution in [3.8, 4) is 0 Å². The molecule has 0 saturated carbocycles. The summed E-state index contributed by atoms with van der Waals surface area (Å²) < 4.78 is 44.8. The average Bonchev–Trinajstić information content (AvgIpc) is 2.38. The molecular weight excluding hydrogens is 337 g/mol. The zero-order valence-electron chi connectivity index (χ0n) is 10.5. The summed E-state index contributed by atoms with van der Waals surface area (Å²) in [6, 6.07) is 3.60. The highest BCUT2D eigenvalue weighted by atomic mass is 79.9. The Morgan fingerprint density at radius 2 is 2.00 bits per heavy atom. The van der Waals surface area contributed by atoms with E-state index in [4.69, 9.17) is 4.74 Å². The van der Waals surface area contributed by atoms with E-state index in [9.17, 15) is 12.8 Å². The van der Waals surface area contributed by atoms with Gasteiger partial charge >= 0.3 is 0 Å². The van der Waals surface area contributed by atoms with Crippen LogP contribution < -0.4 is 0 Å². The van der Waals surface area contributed by atoms with E-state index < -0.39 is 15.8 Å². The van der Waals surface area contributed by atoms with Gasteiger partial charge in [-0.25, -0.2) is 12.8 Å². The van der Waals surface area contributed by atoms with E-state index in [1.165, 1.54) is 10.4 Å². The van der Waals surface area contributed by atoms with E-state index in [0.29, 0.717) is 25.9 Å². The number of rotatable bonds is 3. The van der Waals surface area contributed by atoms with Crippen molar-refractivity contribution in [1.82, 2.24) is 4.31 Å². The van der Waals surface area contributed by atoms with Gasteiger partial charge in [0.15, 0.2) is 0 Å². The van der Waals surface area contributed by atoms with Crippen LogP contribution in [0.4, 0.5) is 4.39 Å².